The maximum atomic E-state index is 13.5. The maximum absolute atomic E-state index is 13.5. The van der Waals surface area contributed by atoms with Crippen molar-refractivity contribution in [3.63, 3.8) is 0 Å². The number of halogens is 1. The average molecular weight is 536 g/mol. The van der Waals surface area contributed by atoms with Crippen LogP contribution < -0.4 is 9.62 Å². The van der Waals surface area contributed by atoms with Gasteiger partial charge in [0, 0.05) is 31.1 Å². The van der Waals surface area contributed by atoms with Crippen LogP contribution >= 0.6 is 11.6 Å². The lowest BCUT2D eigenvalue weighted by molar-refractivity contribution is -0.141. The van der Waals surface area contributed by atoms with Gasteiger partial charge in [0.15, 0.2) is 0 Å². The van der Waals surface area contributed by atoms with Gasteiger partial charge in [-0.25, -0.2) is 8.42 Å². The number of nitrogens with zero attached hydrogens (tertiary/aromatic N) is 2. The lowest BCUT2D eigenvalue weighted by Crippen LogP contribution is -2.49. The number of anilines is 1. The largest absolute Gasteiger partial charge is 0.354 e. The molecule has 2 amide bonds. The monoisotopic (exact) mass is 535 g/mol. The van der Waals surface area contributed by atoms with Crippen molar-refractivity contribution < 1.29 is 18.0 Å². The fraction of sp³-hybridized carbons (Fsp3) is 0.481. The van der Waals surface area contributed by atoms with E-state index >= 15 is 0 Å². The maximum Gasteiger partial charge on any atom is 0.242 e. The van der Waals surface area contributed by atoms with E-state index in [4.69, 9.17) is 11.6 Å². The lowest BCUT2D eigenvalue weighted by Gasteiger charge is -2.31. The van der Waals surface area contributed by atoms with E-state index in [9.17, 15) is 18.0 Å². The minimum atomic E-state index is -3.59. The molecule has 0 heterocycles. The van der Waals surface area contributed by atoms with Gasteiger partial charge in [-0.05, 0) is 56.4 Å². The van der Waals surface area contributed by atoms with E-state index in [0.29, 0.717) is 42.2 Å². The van der Waals surface area contributed by atoms with Crippen LogP contribution in [0.3, 0.4) is 0 Å². The number of hydrogen-bond donors (Lipinski definition) is 1. The Labute approximate surface area is 220 Å². The molecule has 0 bridgehead atoms. The fourth-order valence-electron chi connectivity index (χ4n) is 4.14. The highest BCUT2D eigenvalue weighted by atomic mass is 35.5. The molecule has 9 heteroatoms. The summed E-state index contributed by atoms with van der Waals surface area (Å²) in [6.07, 6.45) is 2.83. The van der Waals surface area contributed by atoms with Gasteiger partial charge in [-0.1, -0.05) is 61.3 Å². The van der Waals surface area contributed by atoms with Crippen molar-refractivity contribution in [2.45, 2.75) is 66.0 Å². The molecule has 0 spiro atoms. The molecule has 0 aliphatic heterocycles. The van der Waals surface area contributed by atoms with Crippen LogP contribution in [0.25, 0.3) is 0 Å². The molecule has 0 aliphatic carbocycles. The Balaban J connectivity index is 2.24. The van der Waals surface area contributed by atoms with E-state index in [-0.39, 0.29) is 24.8 Å². The van der Waals surface area contributed by atoms with Crippen LogP contribution in [0.5, 0.6) is 0 Å². The van der Waals surface area contributed by atoms with Crippen molar-refractivity contribution in [1.29, 1.82) is 0 Å². The van der Waals surface area contributed by atoms with Gasteiger partial charge in [0.25, 0.3) is 0 Å². The standard InChI is InChI=1S/C27H38ClN3O4S/c1-6-16-29-27(33)24(7-2)30(19-22-12-8-11-20(3)18-22)26(32)15-10-17-31(36(5,34)35)25-14-9-13-23(28)21(25)4/h8-9,11-14,18,24H,6-7,10,15-17,19H2,1-5H3,(H,29,33). The van der Waals surface area contributed by atoms with Gasteiger partial charge in [0.2, 0.25) is 21.8 Å². The predicted octanol–water partition coefficient (Wildman–Crippen LogP) is 4.84. The molecular formula is C27H38ClN3O4S. The highest BCUT2D eigenvalue weighted by Crippen LogP contribution is 2.28. The molecule has 7 nitrogen and oxygen atoms in total. The molecule has 2 aromatic rings. The minimum absolute atomic E-state index is 0.106. The zero-order valence-electron chi connectivity index (χ0n) is 21.9. The summed E-state index contributed by atoms with van der Waals surface area (Å²) in [6, 6.07) is 12.4. The molecular weight excluding hydrogens is 498 g/mol. The molecule has 36 heavy (non-hydrogen) atoms. The Morgan fingerprint density at radius 3 is 2.39 bits per heavy atom. The molecule has 1 N–H and O–H groups in total. The number of sulfonamides is 1. The zero-order valence-corrected chi connectivity index (χ0v) is 23.5. The summed E-state index contributed by atoms with van der Waals surface area (Å²) in [5.41, 5.74) is 3.18. The van der Waals surface area contributed by atoms with Gasteiger partial charge in [0.05, 0.1) is 11.9 Å². The summed E-state index contributed by atoms with van der Waals surface area (Å²) in [5.74, 6) is -0.362. The summed E-state index contributed by atoms with van der Waals surface area (Å²) in [7, 11) is -3.59. The van der Waals surface area contributed by atoms with Crippen molar-refractivity contribution >= 4 is 39.1 Å². The summed E-state index contributed by atoms with van der Waals surface area (Å²) in [6.45, 7) is 8.60. The molecule has 0 fully saturated rings. The predicted molar refractivity (Wildman–Crippen MR) is 147 cm³/mol. The number of rotatable bonds is 13. The molecule has 1 atom stereocenters. The van der Waals surface area contributed by atoms with Gasteiger partial charge in [-0.2, -0.15) is 0 Å². The second-order valence-corrected chi connectivity index (χ2v) is 11.4. The van der Waals surface area contributed by atoms with Crippen LogP contribution in [0.1, 0.15) is 56.2 Å². The number of nitrogens with one attached hydrogen (secondary N) is 1. The Morgan fingerprint density at radius 2 is 1.78 bits per heavy atom. The third-order valence-electron chi connectivity index (χ3n) is 6.03. The van der Waals surface area contributed by atoms with Crippen LogP contribution in [-0.2, 0) is 26.2 Å². The van der Waals surface area contributed by atoms with E-state index in [2.05, 4.69) is 5.32 Å². The highest BCUT2D eigenvalue weighted by Gasteiger charge is 2.29. The van der Waals surface area contributed by atoms with E-state index in [0.717, 1.165) is 23.8 Å². The first kappa shape index (κ1) is 29.6. The normalized spacial score (nSPS) is 12.2. The quantitative estimate of drug-likeness (QED) is 0.398. The van der Waals surface area contributed by atoms with E-state index < -0.39 is 16.1 Å². The van der Waals surface area contributed by atoms with Crippen LogP contribution in [0, 0.1) is 13.8 Å². The van der Waals surface area contributed by atoms with Gasteiger partial charge < -0.3 is 10.2 Å². The number of carbonyl (C=O) groups excluding carboxylic acids is 2. The van der Waals surface area contributed by atoms with E-state index in [1.54, 1.807) is 30.0 Å². The molecule has 198 valence electrons. The van der Waals surface area contributed by atoms with Gasteiger partial charge in [0.1, 0.15) is 6.04 Å². The average Bonchev–Trinajstić information content (AvgIpc) is 2.81. The van der Waals surface area contributed by atoms with Crippen LogP contribution in [0.15, 0.2) is 42.5 Å². The second kappa shape index (κ2) is 13.7. The number of hydrogen-bond acceptors (Lipinski definition) is 4. The SMILES string of the molecule is CCCNC(=O)C(CC)N(Cc1cccc(C)c1)C(=O)CCCN(c1cccc(Cl)c1C)S(C)(=O)=O. The molecule has 0 radical (unpaired) electrons. The third-order valence-corrected chi connectivity index (χ3v) is 7.62. The molecule has 2 rings (SSSR count). The number of amides is 2. The first-order valence-electron chi connectivity index (χ1n) is 12.3. The third kappa shape index (κ3) is 8.23. The van der Waals surface area contributed by atoms with Crippen LogP contribution in [-0.4, -0.2) is 50.5 Å². The summed E-state index contributed by atoms with van der Waals surface area (Å²) < 4.78 is 26.4. The summed E-state index contributed by atoms with van der Waals surface area (Å²) >= 11 is 6.22. The summed E-state index contributed by atoms with van der Waals surface area (Å²) in [5, 5.41) is 3.39. The summed E-state index contributed by atoms with van der Waals surface area (Å²) in [4.78, 5) is 28.0. The molecule has 0 aliphatic rings. The minimum Gasteiger partial charge on any atom is -0.354 e. The first-order chi connectivity index (χ1) is 17.0. The van der Waals surface area contributed by atoms with Crippen molar-refractivity contribution in [2.24, 2.45) is 0 Å². The van der Waals surface area contributed by atoms with Gasteiger partial charge in [-0.3, -0.25) is 13.9 Å². The molecule has 1 unspecified atom stereocenters. The number of aryl methyl sites for hydroxylation is 1. The molecule has 2 aromatic carbocycles. The second-order valence-electron chi connectivity index (χ2n) is 9.05. The van der Waals surface area contributed by atoms with Crippen molar-refractivity contribution in [3.05, 3.63) is 64.2 Å². The highest BCUT2D eigenvalue weighted by molar-refractivity contribution is 7.92. The van der Waals surface area contributed by atoms with Gasteiger partial charge in [-0.15, -0.1) is 0 Å². The van der Waals surface area contributed by atoms with Crippen LogP contribution in [0.2, 0.25) is 5.02 Å². The van der Waals surface area contributed by atoms with Crippen molar-refractivity contribution in [1.82, 2.24) is 10.2 Å². The number of carbonyl (C=O) groups is 2. The Morgan fingerprint density at radius 1 is 1.08 bits per heavy atom. The zero-order chi connectivity index (χ0) is 26.9. The topological polar surface area (TPSA) is 86.8 Å². The first-order valence-corrected chi connectivity index (χ1v) is 14.6. The fourth-order valence-corrected chi connectivity index (χ4v) is 5.33. The molecule has 0 saturated carbocycles. The Kier molecular flexibility index (Phi) is 11.2. The Hall–Kier alpha value is -2.58. The molecule has 0 saturated heterocycles. The van der Waals surface area contributed by atoms with Crippen molar-refractivity contribution in [2.75, 3.05) is 23.7 Å². The Bertz CT molecular complexity index is 1150. The van der Waals surface area contributed by atoms with E-state index in [1.807, 2.05) is 45.0 Å². The van der Waals surface area contributed by atoms with E-state index in [1.165, 1.54) is 4.31 Å². The van der Waals surface area contributed by atoms with Crippen molar-refractivity contribution in [3.8, 4) is 0 Å². The van der Waals surface area contributed by atoms with Gasteiger partial charge >= 0.3 is 0 Å². The smallest absolute Gasteiger partial charge is 0.242 e. The lowest BCUT2D eigenvalue weighted by atomic mass is 10.1. The molecule has 0 aromatic heterocycles. The number of benzene rings is 2. The van der Waals surface area contributed by atoms with Crippen LogP contribution in [0.4, 0.5) is 5.69 Å².